The molecule has 3 heteroatoms. The number of aryl methyl sites for hydroxylation is 1. The van der Waals surface area contributed by atoms with E-state index >= 15 is 0 Å². The van der Waals surface area contributed by atoms with Crippen molar-refractivity contribution < 1.29 is 4.74 Å². The number of rotatable bonds is 1. The van der Waals surface area contributed by atoms with Crippen LogP contribution in [0.2, 0.25) is 0 Å². The van der Waals surface area contributed by atoms with E-state index in [0.717, 1.165) is 24.7 Å². The quantitative estimate of drug-likeness (QED) is 0.730. The van der Waals surface area contributed by atoms with Gasteiger partial charge in [-0.3, -0.25) is 0 Å². The average Bonchev–Trinajstić information content (AvgIpc) is 2.23. The highest BCUT2D eigenvalue weighted by Gasteiger charge is 2.06. The molecule has 0 unspecified atom stereocenters. The second-order valence-electron chi connectivity index (χ2n) is 3.32. The molecule has 1 fully saturated rings. The van der Waals surface area contributed by atoms with Crippen molar-refractivity contribution in [2.45, 2.75) is 6.92 Å². The van der Waals surface area contributed by atoms with Crippen LogP contribution in [0.1, 0.15) is 5.56 Å². The van der Waals surface area contributed by atoms with Crippen LogP contribution in [0.5, 0.6) is 0 Å². The molecule has 0 aromatic heterocycles. The Morgan fingerprint density at radius 1 is 1.36 bits per heavy atom. The molecule has 14 heavy (non-hydrogen) atoms. The molecule has 1 aliphatic heterocycles. The molecule has 1 N–H and O–H groups in total. The smallest absolute Gasteiger partial charge is 0.202 e. The van der Waals surface area contributed by atoms with Gasteiger partial charge in [-0.25, -0.2) is 4.99 Å². The highest BCUT2D eigenvalue weighted by molar-refractivity contribution is 5.82. The van der Waals surface area contributed by atoms with E-state index in [1.54, 1.807) is 0 Å². The Hall–Kier alpha value is -1.35. The lowest BCUT2D eigenvalue weighted by atomic mass is 10.2. The van der Waals surface area contributed by atoms with Gasteiger partial charge in [0.1, 0.15) is 6.61 Å². The molecule has 1 saturated heterocycles. The number of benzene rings is 1. The standard InChI is InChI=1S/C11H14N2O/c1-9-4-2-3-5-10(9)13-11-8-12-6-7-14-11/h2-5,12H,6-8H2,1H3. The van der Waals surface area contributed by atoms with Gasteiger partial charge in [-0.1, -0.05) is 18.2 Å². The second kappa shape index (κ2) is 4.24. The van der Waals surface area contributed by atoms with Crippen molar-refractivity contribution in [1.82, 2.24) is 5.32 Å². The van der Waals surface area contributed by atoms with Gasteiger partial charge in [-0.05, 0) is 18.6 Å². The number of para-hydroxylation sites is 1. The Balaban J connectivity index is 2.19. The predicted molar refractivity (Wildman–Crippen MR) is 57.1 cm³/mol. The molecule has 0 saturated carbocycles. The summed E-state index contributed by atoms with van der Waals surface area (Å²) in [5, 5.41) is 3.22. The molecule has 3 nitrogen and oxygen atoms in total. The summed E-state index contributed by atoms with van der Waals surface area (Å²) in [6, 6.07) is 8.05. The lowest BCUT2D eigenvalue weighted by Gasteiger charge is -2.16. The normalized spacial score (nSPS) is 19.4. The van der Waals surface area contributed by atoms with E-state index in [9.17, 15) is 0 Å². The molecule has 1 aromatic carbocycles. The molecule has 1 aromatic rings. The van der Waals surface area contributed by atoms with Crippen LogP contribution < -0.4 is 5.32 Å². The minimum Gasteiger partial charge on any atom is -0.478 e. The van der Waals surface area contributed by atoms with Gasteiger partial charge in [0.25, 0.3) is 0 Å². The first kappa shape index (κ1) is 9.21. The van der Waals surface area contributed by atoms with E-state index in [2.05, 4.69) is 23.3 Å². The predicted octanol–water partition coefficient (Wildman–Crippen LogP) is 1.64. The Morgan fingerprint density at radius 3 is 2.93 bits per heavy atom. The third kappa shape index (κ3) is 2.12. The zero-order valence-corrected chi connectivity index (χ0v) is 8.29. The first-order chi connectivity index (χ1) is 6.86. The van der Waals surface area contributed by atoms with Gasteiger partial charge in [-0.2, -0.15) is 0 Å². The van der Waals surface area contributed by atoms with Crippen LogP contribution >= 0.6 is 0 Å². The maximum atomic E-state index is 5.42. The minimum atomic E-state index is 0.713. The van der Waals surface area contributed by atoms with E-state index in [0.29, 0.717) is 6.61 Å². The van der Waals surface area contributed by atoms with Gasteiger partial charge in [0.2, 0.25) is 5.90 Å². The van der Waals surface area contributed by atoms with Gasteiger partial charge >= 0.3 is 0 Å². The number of ether oxygens (including phenoxy) is 1. The second-order valence-corrected chi connectivity index (χ2v) is 3.32. The zero-order chi connectivity index (χ0) is 9.80. The summed E-state index contributed by atoms with van der Waals surface area (Å²) >= 11 is 0. The summed E-state index contributed by atoms with van der Waals surface area (Å²) < 4.78 is 5.42. The lowest BCUT2D eigenvalue weighted by Crippen LogP contribution is -2.34. The van der Waals surface area contributed by atoms with Crippen LogP contribution in [0.25, 0.3) is 0 Å². The lowest BCUT2D eigenvalue weighted by molar-refractivity contribution is 0.271. The summed E-state index contributed by atoms with van der Waals surface area (Å²) in [7, 11) is 0. The van der Waals surface area contributed by atoms with Crippen molar-refractivity contribution >= 4 is 11.6 Å². The van der Waals surface area contributed by atoms with Gasteiger partial charge in [0.05, 0.1) is 12.2 Å². The summed E-state index contributed by atoms with van der Waals surface area (Å²) in [5.41, 5.74) is 2.17. The topological polar surface area (TPSA) is 33.6 Å². The molecule has 0 spiro atoms. The fourth-order valence-corrected chi connectivity index (χ4v) is 1.38. The highest BCUT2D eigenvalue weighted by Crippen LogP contribution is 2.17. The number of hydrogen-bond acceptors (Lipinski definition) is 3. The van der Waals surface area contributed by atoms with Crippen molar-refractivity contribution in [2.24, 2.45) is 4.99 Å². The van der Waals surface area contributed by atoms with Gasteiger partial charge < -0.3 is 10.1 Å². The molecule has 74 valence electrons. The Morgan fingerprint density at radius 2 is 2.21 bits per heavy atom. The molecule has 0 bridgehead atoms. The first-order valence-electron chi connectivity index (χ1n) is 4.83. The average molecular weight is 190 g/mol. The van der Waals surface area contributed by atoms with Crippen molar-refractivity contribution in [1.29, 1.82) is 0 Å². The fraction of sp³-hybridized carbons (Fsp3) is 0.364. The molecule has 1 heterocycles. The summed E-state index contributed by atoms with van der Waals surface area (Å²) in [6.07, 6.45) is 0. The Kier molecular flexibility index (Phi) is 2.79. The number of hydrogen-bond donors (Lipinski definition) is 1. The maximum Gasteiger partial charge on any atom is 0.202 e. The van der Waals surface area contributed by atoms with Crippen LogP contribution in [0.4, 0.5) is 5.69 Å². The molecule has 2 rings (SSSR count). The molecule has 0 aliphatic carbocycles. The third-order valence-corrected chi connectivity index (χ3v) is 2.18. The molecular formula is C11H14N2O. The van der Waals surface area contributed by atoms with Gasteiger partial charge in [0, 0.05) is 6.54 Å². The van der Waals surface area contributed by atoms with Crippen molar-refractivity contribution in [3.63, 3.8) is 0 Å². The molecule has 0 amide bonds. The number of nitrogens with one attached hydrogen (secondary N) is 1. The van der Waals surface area contributed by atoms with E-state index in [1.807, 2.05) is 18.2 Å². The minimum absolute atomic E-state index is 0.713. The number of nitrogens with zero attached hydrogens (tertiary/aromatic N) is 1. The number of morpholine rings is 1. The van der Waals surface area contributed by atoms with Crippen molar-refractivity contribution in [3.05, 3.63) is 29.8 Å². The largest absolute Gasteiger partial charge is 0.478 e. The Labute approximate surface area is 83.8 Å². The van der Waals surface area contributed by atoms with E-state index in [-0.39, 0.29) is 0 Å². The van der Waals surface area contributed by atoms with Crippen LogP contribution in [0.3, 0.4) is 0 Å². The van der Waals surface area contributed by atoms with Crippen LogP contribution in [0, 0.1) is 6.92 Å². The van der Waals surface area contributed by atoms with Crippen LogP contribution in [-0.2, 0) is 4.74 Å². The molecular weight excluding hydrogens is 176 g/mol. The molecule has 1 aliphatic rings. The van der Waals surface area contributed by atoms with Gasteiger partial charge in [0.15, 0.2) is 0 Å². The molecule has 0 radical (unpaired) electrons. The van der Waals surface area contributed by atoms with Gasteiger partial charge in [-0.15, -0.1) is 0 Å². The van der Waals surface area contributed by atoms with Crippen LogP contribution in [0.15, 0.2) is 29.3 Å². The zero-order valence-electron chi connectivity index (χ0n) is 8.29. The summed E-state index contributed by atoms with van der Waals surface area (Å²) in [5.74, 6) is 0.783. The SMILES string of the molecule is Cc1ccccc1N=C1CNCCO1. The highest BCUT2D eigenvalue weighted by atomic mass is 16.5. The van der Waals surface area contributed by atoms with Crippen molar-refractivity contribution in [2.75, 3.05) is 19.7 Å². The monoisotopic (exact) mass is 190 g/mol. The maximum absolute atomic E-state index is 5.42. The van der Waals surface area contributed by atoms with E-state index in [4.69, 9.17) is 4.74 Å². The third-order valence-electron chi connectivity index (χ3n) is 2.18. The fourth-order valence-electron chi connectivity index (χ4n) is 1.38. The summed E-state index contributed by atoms with van der Waals surface area (Å²) in [4.78, 5) is 4.45. The number of aliphatic imine (C=N–C) groups is 1. The van der Waals surface area contributed by atoms with Crippen LogP contribution in [-0.4, -0.2) is 25.6 Å². The summed E-state index contributed by atoms with van der Waals surface area (Å²) in [6.45, 7) is 4.40. The molecule has 0 atom stereocenters. The van der Waals surface area contributed by atoms with E-state index in [1.165, 1.54) is 5.56 Å². The van der Waals surface area contributed by atoms with E-state index < -0.39 is 0 Å². The first-order valence-corrected chi connectivity index (χ1v) is 4.83. The Bertz CT molecular complexity index is 339. The van der Waals surface area contributed by atoms with Crippen molar-refractivity contribution in [3.8, 4) is 0 Å².